The molecule has 0 aliphatic heterocycles. The molecule has 4 rings (SSSR count). The summed E-state index contributed by atoms with van der Waals surface area (Å²) in [5, 5.41) is 0. The van der Waals surface area contributed by atoms with Crippen molar-refractivity contribution in [2.45, 2.75) is 44.6 Å². The smallest absolute Gasteiger partial charge is 0.00959 e. The molecular weight excluding hydrogens is 146 g/mol. The van der Waals surface area contributed by atoms with E-state index in [-0.39, 0.29) is 0 Å². The predicted molar refractivity (Wildman–Crippen MR) is 49.6 cm³/mol. The summed E-state index contributed by atoms with van der Waals surface area (Å²) in [6.07, 6.45) is 8.88. The van der Waals surface area contributed by atoms with Crippen LogP contribution < -0.4 is 5.73 Å². The van der Waals surface area contributed by atoms with E-state index >= 15 is 0 Å². The average Bonchev–Trinajstić information content (AvgIpc) is 2.27. The Hall–Kier alpha value is -0.0400. The summed E-state index contributed by atoms with van der Waals surface area (Å²) in [5.74, 6) is 3.95. The normalized spacial score (nSPS) is 57.2. The first-order valence-electron chi connectivity index (χ1n) is 5.58. The van der Waals surface area contributed by atoms with Crippen molar-refractivity contribution in [3.63, 3.8) is 0 Å². The lowest BCUT2D eigenvalue weighted by Gasteiger charge is -2.42. The fraction of sp³-hybridized carbons (Fsp3) is 1.00. The molecular formula is C11H19N. The average molecular weight is 165 g/mol. The maximum Gasteiger partial charge on any atom is 0.00959 e. The summed E-state index contributed by atoms with van der Waals surface area (Å²) >= 11 is 0. The molecule has 4 aliphatic rings. The first kappa shape index (κ1) is 7.37. The van der Waals surface area contributed by atoms with Gasteiger partial charge >= 0.3 is 0 Å². The fourth-order valence-corrected chi connectivity index (χ4v) is 4.09. The Kier molecular flexibility index (Phi) is 1.52. The minimum Gasteiger partial charge on any atom is -0.327 e. The van der Waals surface area contributed by atoms with Crippen LogP contribution in [-0.2, 0) is 0 Å². The van der Waals surface area contributed by atoms with Crippen molar-refractivity contribution in [3.8, 4) is 0 Å². The highest BCUT2D eigenvalue weighted by atomic mass is 14.7. The van der Waals surface area contributed by atoms with Crippen LogP contribution in [0.1, 0.15) is 38.5 Å². The third kappa shape index (κ3) is 0.953. The van der Waals surface area contributed by atoms with Gasteiger partial charge in [-0.25, -0.2) is 0 Å². The molecule has 0 amide bonds. The highest BCUT2D eigenvalue weighted by molar-refractivity contribution is 4.97. The molecule has 1 nitrogen and oxygen atoms in total. The van der Waals surface area contributed by atoms with E-state index in [1.165, 1.54) is 32.1 Å². The molecule has 1 heteroatoms. The molecule has 0 heterocycles. The zero-order valence-electron chi connectivity index (χ0n) is 7.71. The van der Waals surface area contributed by atoms with Crippen molar-refractivity contribution in [1.82, 2.24) is 0 Å². The van der Waals surface area contributed by atoms with Crippen LogP contribution in [0.25, 0.3) is 0 Å². The van der Waals surface area contributed by atoms with Gasteiger partial charge in [-0.15, -0.1) is 0 Å². The molecule has 0 aromatic rings. The molecule has 0 radical (unpaired) electrons. The van der Waals surface area contributed by atoms with Gasteiger partial charge in [0.15, 0.2) is 0 Å². The van der Waals surface area contributed by atoms with E-state index in [0.717, 1.165) is 23.7 Å². The SMILES string of the molecule is NC1C2CCC3CC(C2)CC1C3. The van der Waals surface area contributed by atoms with Gasteiger partial charge in [0.05, 0.1) is 0 Å². The quantitative estimate of drug-likeness (QED) is 0.585. The van der Waals surface area contributed by atoms with Crippen molar-refractivity contribution >= 4 is 0 Å². The Labute approximate surface area is 74.7 Å². The molecule has 0 saturated heterocycles. The van der Waals surface area contributed by atoms with Gasteiger partial charge in [-0.05, 0) is 55.8 Å². The second-order valence-electron chi connectivity index (χ2n) is 5.35. The Bertz CT molecular complexity index is 181. The second-order valence-corrected chi connectivity index (χ2v) is 5.35. The summed E-state index contributed by atoms with van der Waals surface area (Å²) in [7, 11) is 0. The molecule has 68 valence electrons. The summed E-state index contributed by atoms with van der Waals surface area (Å²) in [5.41, 5.74) is 6.27. The molecule has 4 aliphatic carbocycles. The van der Waals surface area contributed by atoms with E-state index in [4.69, 9.17) is 5.73 Å². The predicted octanol–water partition coefficient (Wildman–Crippen LogP) is 2.16. The third-order valence-electron chi connectivity index (χ3n) is 4.61. The van der Waals surface area contributed by atoms with Gasteiger partial charge in [0.1, 0.15) is 0 Å². The molecule has 4 bridgehead atoms. The standard InChI is InChI=1S/C11H19N/c12-11-9-2-1-7-3-8(5-9)6-10(11)4-7/h7-11H,1-6,12H2. The lowest BCUT2D eigenvalue weighted by atomic mass is 9.65. The zero-order chi connectivity index (χ0) is 8.13. The Balaban J connectivity index is 1.92. The summed E-state index contributed by atoms with van der Waals surface area (Å²) in [4.78, 5) is 0. The monoisotopic (exact) mass is 165 g/mol. The summed E-state index contributed by atoms with van der Waals surface area (Å²) in [6.45, 7) is 0. The minimum absolute atomic E-state index is 0.576. The van der Waals surface area contributed by atoms with Crippen molar-refractivity contribution in [2.75, 3.05) is 0 Å². The van der Waals surface area contributed by atoms with Gasteiger partial charge in [0.2, 0.25) is 0 Å². The van der Waals surface area contributed by atoms with Crippen molar-refractivity contribution in [2.24, 2.45) is 29.4 Å². The van der Waals surface area contributed by atoms with Gasteiger partial charge < -0.3 is 5.73 Å². The molecule has 5 unspecified atom stereocenters. The highest BCUT2D eigenvalue weighted by Gasteiger charge is 2.43. The van der Waals surface area contributed by atoms with E-state index in [2.05, 4.69) is 0 Å². The number of hydrogen-bond acceptors (Lipinski definition) is 1. The van der Waals surface area contributed by atoms with Crippen LogP contribution in [0.2, 0.25) is 0 Å². The Morgan fingerprint density at radius 1 is 0.750 bits per heavy atom. The molecule has 0 spiro atoms. The van der Waals surface area contributed by atoms with Crippen LogP contribution in [0.5, 0.6) is 0 Å². The summed E-state index contributed by atoms with van der Waals surface area (Å²) in [6, 6.07) is 0.576. The fourth-order valence-electron chi connectivity index (χ4n) is 4.09. The molecule has 0 aromatic heterocycles. The molecule has 0 aromatic carbocycles. The largest absolute Gasteiger partial charge is 0.327 e. The van der Waals surface area contributed by atoms with Gasteiger partial charge in [-0.3, -0.25) is 0 Å². The van der Waals surface area contributed by atoms with E-state index in [0.29, 0.717) is 6.04 Å². The number of hydrogen-bond donors (Lipinski definition) is 1. The first-order valence-corrected chi connectivity index (χ1v) is 5.58. The van der Waals surface area contributed by atoms with Gasteiger partial charge in [-0.2, -0.15) is 0 Å². The maximum absolute atomic E-state index is 6.27. The molecule has 5 atom stereocenters. The van der Waals surface area contributed by atoms with Crippen LogP contribution in [0, 0.1) is 23.7 Å². The van der Waals surface area contributed by atoms with E-state index in [1.807, 2.05) is 0 Å². The van der Waals surface area contributed by atoms with Gasteiger partial charge in [0, 0.05) is 6.04 Å². The second kappa shape index (κ2) is 2.47. The van der Waals surface area contributed by atoms with Crippen LogP contribution in [0.3, 0.4) is 0 Å². The topological polar surface area (TPSA) is 26.0 Å². The van der Waals surface area contributed by atoms with Gasteiger partial charge in [0.25, 0.3) is 0 Å². The van der Waals surface area contributed by atoms with Crippen molar-refractivity contribution in [1.29, 1.82) is 0 Å². The minimum atomic E-state index is 0.576. The van der Waals surface area contributed by atoms with E-state index < -0.39 is 0 Å². The van der Waals surface area contributed by atoms with E-state index in [9.17, 15) is 0 Å². The van der Waals surface area contributed by atoms with Gasteiger partial charge in [-0.1, -0.05) is 6.42 Å². The maximum atomic E-state index is 6.27. The first-order chi connectivity index (χ1) is 5.83. The Morgan fingerprint density at radius 3 is 2.42 bits per heavy atom. The Morgan fingerprint density at radius 2 is 1.50 bits per heavy atom. The van der Waals surface area contributed by atoms with Crippen molar-refractivity contribution < 1.29 is 0 Å². The van der Waals surface area contributed by atoms with Crippen LogP contribution in [0.15, 0.2) is 0 Å². The molecule has 4 saturated carbocycles. The van der Waals surface area contributed by atoms with Crippen LogP contribution in [-0.4, -0.2) is 6.04 Å². The molecule has 12 heavy (non-hydrogen) atoms. The third-order valence-corrected chi connectivity index (χ3v) is 4.61. The molecule has 2 N–H and O–H groups in total. The van der Waals surface area contributed by atoms with Crippen LogP contribution in [0.4, 0.5) is 0 Å². The van der Waals surface area contributed by atoms with E-state index in [1.54, 1.807) is 6.42 Å². The zero-order valence-corrected chi connectivity index (χ0v) is 7.71. The summed E-state index contributed by atoms with van der Waals surface area (Å²) < 4.78 is 0. The molecule has 4 fully saturated rings. The lowest BCUT2D eigenvalue weighted by molar-refractivity contribution is 0.110. The number of fused-ring (bicyclic) bond motifs is 1. The highest BCUT2D eigenvalue weighted by Crippen LogP contribution is 2.50. The number of rotatable bonds is 0. The number of nitrogens with two attached hydrogens (primary N) is 1. The van der Waals surface area contributed by atoms with Crippen molar-refractivity contribution in [3.05, 3.63) is 0 Å². The lowest BCUT2D eigenvalue weighted by Crippen LogP contribution is -2.44. The van der Waals surface area contributed by atoms with Crippen LogP contribution >= 0.6 is 0 Å².